The van der Waals surface area contributed by atoms with Crippen molar-refractivity contribution in [1.82, 2.24) is 4.98 Å². The third-order valence-corrected chi connectivity index (χ3v) is 5.71. The number of nitrogens with zero attached hydrogens (tertiary/aromatic N) is 1. The maximum absolute atomic E-state index is 6.45. The van der Waals surface area contributed by atoms with Gasteiger partial charge in [0.25, 0.3) is 0 Å². The van der Waals surface area contributed by atoms with E-state index in [-0.39, 0.29) is 0 Å². The molecule has 2 N–H and O–H groups in total. The summed E-state index contributed by atoms with van der Waals surface area (Å²) in [6, 6.07) is 4.63. The molecule has 4 rings (SSSR count). The van der Waals surface area contributed by atoms with E-state index >= 15 is 0 Å². The van der Waals surface area contributed by atoms with Gasteiger partial charge in [0.05, 0.1) is 0 Å². The van der Waals surface area contributed by atoms with Crippen LogP contribution in [0.2, 0.25) is 0 Å². The van der Waals surface area contributed by atoms with Crippen LogP contribution in [-0.2, 0) is 6.42 Å². The molecule has 0 aliphatic heterocycles. The first kappa shape index (κ1) is 11.0. The van der Waals surface area contributed by atoms with Crippen LogP contribution in [0.1, 0.15) is 30.5 Å². The lowest BCUT2D eigenvalue weighted by molar-refractivity contribution is 0.408. The van der Waals surface area contributed by atoms with Gasteiger partial charge in [-0.2, -0.15) is 0 Å². The van der Waals surface area contributed by atoms with Crippen molar-refractivity contribution in [3.8, 4) is 0 Å². The van der Waals surface area contributed by atoms with Crippen LogP contribution in [0.5, 0.6) is 0 Å². The molecule has 1 aromatic heterocycles. The zero-order chi connectivity index (χ0) is 12.3. The number of aryl methyl sites for hydroxylation is 1. The first-order valence-corrected chi connectivity index (χ1v) is 7.41. The van der Waals surface area contributed by atoms with E-state index in [0.29, 0.717) is 6.04 Å². The SMILES string of the molecule is Cc1ccc(CC(N)C2C3C4CCC(C4)C23)nc1. The third-order valence-electron chi connectivity index (χ3n) is 5.71. The Balaban J connectivity index is 1.43. The average Bonchev–Trinajstić information content (AvgIpc) is 2.82. The van der Waals surface area contributed by atoms with Crippen LogP contribution in [0.4, 0.5) is 0 Å². The van der Waals surface area contributed by atoms with Gasteiger partial charge in [-0.1, -0.05) is 6.07 Å². The molecule has 0 aromatic carbocycles. The summed E-state index contributed by atoms with van der Waals surface area (Å²) in [4.78, 5) is 4.50. The summed E-state index contributed by atoms with van der Waals surface area (Å²) >= 11 is 0. The lowest BCUT2D eigenvalue weighted by Crippen LogP contribution is -2.29. The first-order chi connectivity index (χ1) is 8.74. The molecule has 2 heteroatoms. The number of pyridine rings is 1. The summed E-state index contributed by atoms with van der Waals surface area (Å²) in [5.74, 6) is 4.86. The molecule has 96 valence electrons. The summed E-state index contributed by atoms with van der Waals surface area (Å²) in [5.41, 5.74) is 8.85. The molecule has 1 aromatic rings. The van der Waals surface area contributed by atoms with Crippen molar-refractivity contribution in [2.24, 2.45) is 35.3 Å². The zero-order valence-corrected chi connectivity index (χ0v) is 11.0. The fraction of sp³-hybridized carbons (Fsp3) is 0.688. The second-order valence-corrected chi connectivity index (χ2v) is 6.76. The van der Waals surface area contributed by atoms with E-state index in [9.17, 15) is 0 Å². The van der Waals surface area contributed by atoms with E-state index in [0.717, 1.165) is 36.0 Å². The van der Waals surface area contributed by atoms with E-state index in [1.165, 1.54) is 30.5 Å². The van der Waals surface area contributed by atoms with Crippen molar-refractivity contribution in [2.45, 2.75) is 38.6 Å². The molecule has 18 heavy (non-hydrogen) atoms. The van der Waals surface area contributed by atoms with Crippen LogP contribution in [0.25, 0.3) is 0 Å². The second kappa shape index (κ2) is 3.80. The minimum Gasteiger partial charge on any atom is -0.327 e. The molecule has 2 nitrogen and oxygen atoms in total. The molecule has 0 amide bonds. The van der Waals surface area contributed by atoms with Crippen LogP contribution in [0, 0.1) is 36.5 Å². The third kappa shape index (κ3) is 1.55. The standard InChI is InChI=1S/C16H22N2/c1-9-2-5-12(18-8-9)7-13(17)16-14-10-3-4-11(6-10)15(14)16/h2,5,8,10-11,13-16H,3-4,6-7,17H2,1H3. The number of fused-ring (bicyclic) bond motifs is 5. The van der Waals surface area contributed by atoms with Crippen LogP contribution in [0.3, 0.4) is 0 Å². The maximum atomic E-state index is 6.45. The Hall–Kier alpha value is -0.890. The average molecular weight is 242 g/mol. The molecular weight excluding hydrogens is 220 g/mol. The monoisotopic (exact) mass is 242 g/mol. The molecule has 3 aliphatic rings. The Labute approximate surface area is 109 Å². The maximum Gasteiger partial charge on any atom is 0.0419 e. The van der Waals surface area contributed by atoms with Crippen LogP contribution in [0.15, 0.2) is 18.3 Å². The van der Waals surface area contributed by atoms with Gasteiger partial charge in [-0.3, -0.25) is 4.98 Å². The van der Waals surface area contributed by atoms with E-state index < -0.39 is 0 Å². The fourth-order valence-corrected chi connectivity index (χ4v) is 4.96. The minimum atomic E-state index is 0.346. The summed E-state index contributed by atoms with van der Waals surface area (Å²) < 4.78 is 0. The zero-order valence-electron chi connectivity index (χ0n) is 11.0. The highest BCUT2D eigenvalue weighted by Crippen LogP contribution is 2.70. The number of hydrogen-bond donors (Lipinski definition) is 1. The molecule has 5 unspecified atom stereocenters. The highest BCUT2D eigenvalue weighted by Gasteiger charge is 2.65. The van der Waals surface area contributed by atoms with Gasteiger partial charge in [0.1, 0.15) is 0 Å². The molecule has 5 atom stereocenters. The number of nitrogens with two attached hydrogens (primary N) is 1. The summed E-state index contributed by atoms with van der Waals surface area (Å²) in [6.45, 7) is 2.08. The minimum absolute atomic E-state index is 0.346. The molecule has 3 aliphatic carbocycles. The Kier molecular flexibility index (Phi) is 2.32. The Morgan fingerprint density at radius 1 is 1.28 bits per heavy atom. The number of hydrogen-bond acceptors (Lipinski definition) is 2. The van der Waals surface area contributed by atoms with Crippen molar-refractivity contribution in [3.05, 3.63) is 29.6 Å². The van der Waals surface area contributed by atoms with E-state index in [4.69, 9.17) is 5.73 Å². The smallest absolute Gasteiger partial charge is 0.0419 e. The predicted octanol–water partition coefficient (Wildman–Crippen LogP) is 2.55. The lowest BCUT2D eigenvalue weighted by atomic mass is 9.95. The van der Waals surface area contributed by atoms with Crippen molar-refractivity contribution in [2.75, 3.05) is 0 Å². The number of rotatable bonds is 3. The van der Waals surface area contributed by atoms with E-state index in [1.807, 2.05) is 6.20 Å². The summed E-state index contributed by atoms with van der Waals surface area (Å²) in [5, 5.41) is 0. The molecule has 0 saturated heterocycles. The van der Waals surface area contributed by atoms with Crippen molar-refractivity contribution in [3.63, 3.8) is 0 Å². The van der Waals surface area contributed by atoms with Gasteiger partial charge in [-0.05, 0) is 67.4 Å². The number of aromatic nitrogens is 1. The molecule has 3 fully saturated rings. The van der Waals surface area contributed by atoms with Crippen LogP contribution in [-0.4, -0.2) is 11.0 Å². The normalized spacial score (nSPS) is 41.8. The highest BCUT2D eigenvalue weighted by molar-refractivity contribution is 5.18. The molecule has 2 bridgehead atoms. The molecule has 0 radical (unpaired) electrons. The van der Waals surface area contributed by atoms with Gasteiger partial charge in [0.2, 0.25) is 0 Å². The van der Waals surface area contributed by atoms with Crippen molar-refractivity contribution >= 4 is 0 Å². The van der Waals surface area contributed by atoms with Crippen LogP contribution >= 0.6 is 0 Å². The van der Waals surface area contributed by atoms with Gasteiger partial charge < -0.3 is 5.73 Å². The molecule has 0 spiro atoms. The summed E-state index contributed by atoms with van der Waals surface area (Å²) in [6.07, 6.45) is 7.41. The Morgan fingerprint density at radius 2 is 2.00 bits per heavy atom. The van der Waals surface area contributed by atoms with E-state index in [1.54, 1.807) is 0 Å². The lowest BCUT2D eigenvalue weighted by Gasteiger charge is -2.15. The summed E-state index contributed by atoms with van der Waals surface area (Å²) in [7, 11) is 0. The van der Waals surface area contributed by atoms with Crippen molar-refractivity contribution in [1.29, 1.82) is 0 Å². The second-order valence-electron chi connectivity index (χ2n) is 6.76. The quantitative estimate of drug-likeness (QED) is 0.884. The van der Waals surface area contributed by atoms with Crippen LogP contribution < -0.4 is 5.73 Å². The van der Waals surface area contributed by atoms with Gasteiger partial charge in [0, 0.05) is 24.4 Å². The Morgan fingerprint density at radius 3 is 2.61 bits per heavy atom. The highest BCUT2D eigenvalue weighted by atomic mass is 14.8. The van der Waals surface area contributed by atoms with Crippen molar-refractivity contribution < 1.29 is 0 Å². The van der Waals surface area contributed by atoms with Gasteiger partial charge in [-0.15, -0.1) is 0 Å². The molecule has 3 saturated carbocycles. The molecule has 1 heterocycles. The van der Waals surface area contributed by atoms with Gasteiger partial charge in [0.15, 0.2) is 0 Å². The van der Waals surface area contributed by atoms with E-state index in [2.05, 4.69) is 24.0 Å². The topological polar surface area (TPSA) is 38.9 Å². The largest absolute Gasteiger partial charge is 0.327 e. The Bertz CT molecular complexity index is 437. The predicted molar refractivity (Wildman–Crippen MR) is 72.0 cm³/mol. The fourth-order valence-electron chi connectivity index (χ4n) is 4.96. The molecular formula is C16H22N2. The van der Waals surface area contributed by atoms with Gasteiger partial charge >= 0.3 is 0 Å². The van der Waals surface area contributed by atoms with Gasteiger partial charge in [-0.25, -0.2) is 0 Å². The first-order valence-electron chi connectivity index (χ1n) is 7.41.